The maximum Gasteiger partial charge on any atom is 0.252 e. The topological polar surface area (TPSA) is 79.7 Å². The number of benzene rings is 1. The second-order valence-electron chi connectivity index (χ2n) is 11.2. The number of pyridine rings is 1. The van der Waals surface area contributed by atoms with Crippen LogP contribution in [0.2, 0.25) is 0 Å². The first-order valence-electron chi connectivity index (χ1n) is 13.6. The average Bonchev–Trinajstić information content (AvgIpc) is 3.53. The predicted molar refractivity (Wildman–Crippen MR) is 139 cm³/mol. The quantitative estimate of drug-likeness (QED) is 0.468. The summed E-state index contributed by atoms with van der Waals surface area (Å²) in [7, 11) is 0. The Morgan fingerprint density at radius 1 is 1.00 bits per heavy atom. The fraction of sp³-hybridized carbons (Fsp3) is 0.643. The van der Waals surface area contributed by atoms with E-state index in [0.717, 1.165) is 48.0 Å². The number of aromatic nitrogens is 5. The van der Waals surface area contributed by atoms with E-state index in [2.05, 4.69) is 76.0 Å². The van der Waals surface area contributed by atoms with E-state index in [1.54, 1.807) is 0 Å². The Labute approximate surface area is 208 Å². The van der Waals surface area contributed by atoms with Crippen LogP contribution in [0.3, 0.4) is 0 Å². The summed E-state index contributed by atoms with van der Waals surface area (Å²) in [6.45, 7) is 9.37. The molecule has 2 fully saturated rings. The van der Waals surface area contributed by atoms with Crippen LogP contribution < -0.4 is 5.56 Å². The zero-order valence-corrected chi connectivity index (χ0v) is 21.8. The molecule has 3 aromatic rings. The molecule has 0 bridgehead atoms. The largest absolute Gasteiger partial charge is 0.322 e. The van der Waals surface area contributed by atoms with Gasteiger partial charge in [0.2, 0.25) is 0 Å². The third kappa shape index (κ3) is 4.92. The van der Waals surface area contributed by atoms with Crippen molar-refractivity contribution in [3.8, 4) is 0 Å². The van der Waals surface area contributed by atoms with Gasteiger partial charge in [0.1, 0.15) is 0 Å². The number of aromatic amines is 1. The fourth-order valence-electron chi connectivity index (χ4n) is 6.34. The highest BCUT2D eigenvalue weighted by molar-refractivity contribution is 5.80. The predicted octanol–water partition coefficient (Wildman–Crippen LogP) is 5.78. The van der Waals surface area contributed by atoms with Gasteiger partial charge in [-0.1, -0.05) is 46.0 Å². The summed E-state index contributed by atoms with van der Waals surface area (Å²) in [5.41, 5.74) is 4.20. The van der Waals surface area contributed by atoms with Gasteiger partial charge < -0.3 is 4.98 Å². The van der Waals surface area contributed by atoms with Gasteiger partial charge in [0, 0.05) is 23.7 Å². The molecule has 2 aromatic heterocycles. The van der Waals surface area contributed by atoms with Crippen molar-refractivity contribution < 1.29 is 0 Å². The molecule has 0 spiro atoms. The normalized spacial score (nSPS) is 18.8. The third-order valence-corrected chi connectivity index (χ3v) is 8.37. The van der Waals surface area contributed by atoms with Crippen LogP contribution in [-0.4, -0.2) is 36.1 Å². The summed E-state index contributed by atoms with van der Waals surface area (Å²) >= 11 is 0. The first-order chi connectivity index (χ1) is 16.9. The standard InChI is InChI=1S/C28H40N6O/c1-18(2)26(27-30-31-32-34(27)24-12-8-9-13-24)33(23-10-6-5-7-11-23)17-22-16-21-14-19(3)20(4)15-25(21)29-28(22)35/h14-16,18,23-24,26H,5-13,17H2,1-4H3,(H,29,35)/t26-/m1/s1. The lowest BCUT2D eigenvalue weighted by Crippen LogP contribution is -2.43. The lowest BCUT2D eigenvalue weighted by Gasteiger charge is -2.41. The molecule has 1 N–H and O–H groups in total. The summed E-state index contributed by atoms with van der Waals surface area (Å²) in [6.07, 6.45) is 10.9. The van der Waals surface area contributed by atoms with Gasteiger partial charge in [0.15, 0.2) is 5.82 Å². The lowest BCUT2D eigenvalue weighted by molar-refractivity contribution is 0.0598. The van der Waals surface area contributed by atoms with Crippen molar-refractivity contribution in [2.24, 2.45) is 5.92 Å². The molecule has 0 amide bonds. The molecule has 7 nitrogen and oxygen atoms in total. The van der Waals surface area contributed by atoms with E-state index in [4.69, 9.17) is 0 Å². The van der Waals surface area contributed by atoms with Gasteiger partial charge in [0.25, 0.3) is 5.56 Å². The van der Waals surface area contributed by atoms with Crippen molar-refractivity contribution in [1.29, 1.82) is 0 Å². The second kappa shape index (κ2) is 10.2. The van der Waals surface area contributed by atoms with Crippen molar-refractivity contribution in [1.82, 2.24) is 30.1 Å². The molecule has 188 valence electrons. The van der Waals surface area contributed by atoms with E-state index in [9.17, 15) is 4.79 Å². The zero-order chi connectivity index (χ0) is 24.5. The number of aryl methyl sites for hydroxylation is 2. The van der Waals surface area contributed by atoms with Crippen LogP contribution in [0.25, 0.3) is 10.9 Å². The van der Waals surface area contributed by atoms with E-state index in [1.165, 1.54) is 43.2 Å². The minimum Gasteiger partial charge on any atom is -0.322 e. The van der Waals surface area contributed by atoms with Crippen molar-refractivity contribution >= 4 is 10.9 Å². The van der Waals surface area contributed by atoms with E-state index < -0.39 is 0 Å². The number of nitrogens with one attached hydrogen (secondary N) is 1. The molecule has 2 heterocycles. The minimum atomic E-state index is 0.0134. The number of rotatable bonds is 7. The average molecular weight is 477 g/mol. The zero-order valence-electron chi connectivity index (χ0n) is 21.8. The van der Waals surface area contributed by atoms with Gasteiger partial charge in [-0.25, -0.2) is 4.68 Å². The fourth-order valence-corrected chi connectivity index (χ4v) is 6.34. The summed E-state index contributed by atoms with van der Waals surface area (Å²) in [5.74, 6) is 1.30. The van der Waals surface area contributed by atoms with Gasteiger partial charge in [-0.2, -0.15) is 0 Å². The van der Waals surface area contributed by atoms with Crippen LogP contribution in [0.4, 0.5) is 0 Å². The number of H-pyrrole nitrogens is 1. The Balaban J connectivity index is 1.56. The highest BCUT2D eigenvalue weighted by atomic mass is 16.1. The molecule has 2 aliphatic carbocycles. The maximum atomic E-state index is 13.3. The second-order valence-corrected chi connectivity index (χ2v) is 11.2. The summed E-state index contributed by atoms with van der Waals surface area (Å²) in [5, 5.41) is 14.3. The third-order valence-electron chi connectivity index (χ3n) is 8.37. The number of tetrazole rings is 1. The number of nitrogens with zero attached hydrogens (tertiary/aromatic N) is 5. The molecule has 0 radical (unpaired) electrons. The molecule has 2 aliphatic rings. The van der Waals surface area contributed by atoms with Crippen LogP contribution in [-0.2, 0) is 6.54 Å². The molecule has 5 rings (SSSR count). The van der Waals surface area contributed by atoms with Crippen molar-refractivity contribution in [3.05, 3.63) is 51.1 Å². The molecular weight excluding hydrogens is 436 g/mol. The lowest BCUT2D eigenvalue weighted by atomic mass is 9.90. The monoisotopic (exact) mass is 476 g/mol. The molecule has 0 saturated heterocycles. The highest BCUT2D eigenvalue weighted by Gasteiger charge is 2.36. The van der Waals surface area contributed by atoms with Crippen molar-refractivity contribution in [2.45, 2.75) is 110 Å². The minimum absolute atomic E-state index is 0.0134. The molecular formula is C28H40N6O. The molecule has 2 saturated carbocycles. The van der Waals surface area contributed by atoms with E-state index >= 15 is 0 Å². The van der Waals surface area contributed by atoms with Gasteiger partial charge in [-0.15, -0.1) is 5.10 Å². The van der Waals surface area contributed by atoms with Crippen LogP contribution in [0.1, 0.15) is 106 Å². The van der Waals surface area contributed by atoms with Gasteiger partial charge >= 0.3 is 0 Å². The Hall–Kier alpha value is -2.54. The molecule has 1 aromatic carbocycles. The number of hydrogen-bond acceptors (Lipinski definition) is 5. The smallest absolute Gasteiger partial charge is 0.252 e. The molecule has 35 heavy (non-hydrogen) atoms. The Kier molecular flexibility index (Phi) is 7.05. The van der Waals surface area contributed by atoms with Crippen molar-refractivity contribution in [3.63, 3.8) is 0 Å². The summed E-state index contributed by atoms with van der Waals surface area (Å²) < 4.78 is 2.12. The molecule has 1 atom stereocenters. The number of fused-ring (bicyclic) bond motifs is 1. The number of hydrogen-bond donors (Lipinski definition) is 1. The summed E-state index contributed by atoms with van der Waals surface area (Å²) in [6, 6.07) is 7.28. The van der Waals surface area contributed by atoms with E-state index in [1.807, 2.05) is 0 Å². The molecule has 0 unspecified atom stereocenters. The van der Waals surface area contributed by atoms with Crippen LogP contribution >= 0.6 is 0 Å². The van der Waals surface area contributed by atoms with Gasteiger partial charge in [-0.05, 0) is 90.6 Å². The van der Waals surface area contributed by atoms with Crippen LogP contribution in [0.5, 0.6) is 0 Å². The molecule has 7 heteroatoms. The van der Waals surface area contributed by atoms with Gasteiger partial charge in [0.05, 0.1) is 12.1 Å². The first-order valence-corrected chi connectivity index (χ1v) is 13.6. The summed E-state index contributed by atoms with van der Waals surface area (Å²) in [4.78, 5) is 19.0. The maximum absolute atomic E-state index is 13.3. The highest BCUT2D eigenvalue weighted by Crippen LogP contribution is 2.38. The van der Waals surface area contributed by atoms with E-state index in [0.29, 0.717) is 24.5 Å². The Morgan fingerprint density at radius 2 is 1.69 bits per heavy atom. The van der Waals surface area contributed by atoms with E-state index in [-0.39, 0.29) is 11.6 Å². The van der Waals surface area contributed by atoms with Crippen LogP contribution in [0.15, 0.2) is 23.0 Å². The Bertz CT molecular complexity index is 1220. The Morgan fingerprint density at radius 3 is 2.40 bits per heavy atom. The van der Waals surface area contributed by atoms with Gasteiger partial charge in [-0.3, -0.25) is 9.69 Å². The molecule has 0 aliphatic heterocycles. The first kappa shape index (κ1) is 24.2. The van der Waals surface area contributed by atoms with Crippen LogP contribution in [0, 0.1) is 19.8 Å². The SMILES string of the molecule is Cc1cc2cc(CN(C3CCCCC3)[C@@H](c3nnnn3C3CCCC3)C(C)C)c(=O)[nH]c2cc1C. The van der Waals surface area contributed by atoms with Crippen molar-refractivity contribution in [2.75, 3.05) is 0 Å².